The average Bonchev–Trinajstić information content (AvgIpc) is 2.79. The highest BCUT2D eigenvalue weighted by atomic mass is 32.2. The lowest BCUT2D eigenvalue weighted by Gasteiger charge is -2.15. The van der Waals surface area contributed by atoms with Gasteiger partial charge in [-0.05, 0) is 67.1 Å². The Morgan fingerprint density at radius 2 is 1.70 bits per heavy atom. The van der Waals surface area contributed by atoms with Gasteiger partial charge in [-0.15, -0.1) is 0 Å². The van der Waals surface area contributed by atoms with Gasteiger partial charge in [-0.2, -0.15) is 0 Å². The number of amides is 1. The highest BCUT2D eigenvalue weighted by Crippen LogP contribution is 2.22. The van der Waals surface area contributed by atoms with Crippen molar-refractivity contribution in [2.24, 2.45) is 0 Å². The van der Waals surface area contributed by atoms with E-state index in [4.69, 9.17) is 4.74 Å². The number of anilines is 2. The third-order valence-electron chi connectivity index (χ3n) is 4.86. The van der Waals surface area contributed by atoms with E-state index >= 15 is 0 Å². The van der Waals surface area contributed by atoms with Crippen molar-refractivity contribution in [2.45, 2.75) is 24.8 Å². The molecule has 0 aliphatic heterocycles. The lowest BCUT2D eigenvalue weighted by molar-refractivity contribution is -0.122. The molecule has 0 saturated heterocycles. The zero-order valence-electron chi connectivity index (χ0n) is 18.0. The first-order chi connectivity index (χ1) is 15.8. The first-order valence-corrected chi connectivity index (χ1v) is 11.7. The minimum atomic E-state index is -3.86. The highest BCUT2D eigenvalue weighted by molar-refractivity contribution is 7.92. The van der Waals surface area contributed by atoms with E-state index in [1.54, 1.807) is 19.9 Å². The maximum absolute atomic E-state index is 12.6. The Morgan fingerprint density at radius 3 is 2.42 bits per heavy atom. The Hall–Kier alpha value is -3.98. The van der Waals surface area contributed by atoms with Crippen LogP contribution < -0.4 is 14.8 Å². The molecule has 1 heterocycles. The first kappa shape index (κ1) is 22.2. The topological polar surface area (TPSA) is 110 Å². The standard InChI is InChI=1S/C24H22N4O4S/c1-16-13-14-25-24(26-16)28-33(30,31)22-11-8-20(9-12-22)27-23(29)17(2)32-21-10-7-18-5-3-4-6-19(18)15-21/h3-15,17H,1-2H3,(H,27,29)(H,25,26,28)/t17-/m1/s1. The molecule has 9 heteroatoms. The lowest BCUT2D eigenvalue weighted by atomic mass is 10.1. The van der Waals surface area contributed by atoms with E-state index in [1.165, 1.54) is 30.5 Å². The summed E-state index contributed by atoms with van der Waals surface area (Å²) < 4.78 is 33.2. The third kappa shape index (κ3) is 5.45. The van der Waals surface area contributed by atoms with Gasteiger partial charge in [-0.3, -0.25) is 4.79 Å². The van der Waals surface area contributed by atoms with Crippen LogP contribution in [0.15, 0.2) is 83.9 Å². The smallest absolute Gasteiger partial charge is 0.265 e. The number of benzene rings is 3. The predicted octanol–water partition coefficient (Wildman–Crippen LogP) is 4.15. The second kappa shape index (κ2) is 9.25. The van der Waals surface area contributed by atoms with Crippen LogP contribution in [-0.2, 0) is 14.8 Å². The van der Waals surface area contributed by atoms with Crippen molar-refractivity contribution < 1.29 is 17.9 Å². The van der Waals surface area contributed by atoms with Gasteiger partial charge in [0, 0.05) is 17.6 Å². The van der Waals surface area contributed by atoms with Crippen molar-refractivity contribution in [3.8, 4) is 5.75 Å². The molecule has 0 aliphatic rings. The Balaban J connectivity index is 1.39. The van der Waals surface area contributed by atoms with Crippen LogP contribution in [-0.4, -0.2) is 30.4 Å². The van der Waals surface area contributed by atoms with E-state index in [0.29, 0.717) is 17.1 Å². The molecule has 2 N–H and O–H groups in total. The molecule has 1 atom stereocenters. The van der Waals surface area contributed by atoms with Crippen LogP contribution in [0.3, 0.4) is 0 Å². The zero-order chi connectivity index (χ0) is 23.4. The summed E-state index contributed by atoms with van der Waals surface area (Å²) in [6.45, 7) is 3.39. The van der Waals surface area contributed by atoms with Crippen LogP contribution in [0, 0.1) is 6.92 Å². The minimum absolute atomic E-state index is 0.00737. The number of fused-ring (bicyclic) bond motifs is 1. The molecule has 0 unspecified atom stereocenters. The second-order valence-corrected chi connectivity index (χ2v) is 9.09. The molecule has 0 radical (unpaired) electrons. The number of sulfonamides is 1. The fraction of sp³-hybridized carbons (Fsp3) is 0.125. The molecule has 4 aromatic rings. The van der Waals surface area contributed by atoms with Gasteiger partial charge < -0.3 is 10.1 Å². The first-order valence-electron chi connectivity index (χ1n) is 10.2. The van der Waals surface area contributed by atoms with Crippen LogP contribution in [0.4, 0.5) is 11.6 Å². The predicted molar refractivity (Wildman–Crippen MR) is 127 cm³/mol. The normalized spacial score (nSPS) is 12.2. The number of carbonyl (C=O) groups excluding carboxylic acids is 1. The molecule has 168 valence electrons. The van der Waals surface area contributed by atoms with Crippen LogP contribution in [0.1, 0.15) is 12.6 Å². The summed E-state index contributed by atoms with van der Waals surface area (Å²) in [5.74, 6) is 0.222. The summed E-state index contributed by atoms with van der Waals surface area (Å²) in [5.41, 5.74) is 1.08. The molecule has 0 spiro atoms. The van der Waals surface area contributed by atoms with Gasteiger partial charge in [-0.25, -0.2) is 23.1 Å². The Kier molecular flexibility index (Phi) is 6.23. The molecule has 8 nitrogen and oxygen atoms in total. The van der Waals surface area contributed by atoms with Crippen LogP contribution in [0.2, 0.25) is 0 Å². The van der Waals surface area contributed by atoms with Gasteiger partial charge in [0.2, 0.25) is 5.95 Å². The molecule has 0 fully saturated rings. The summed E-state index contributed by atoms with van der Waals surface area (Å²) in [6, 6.07) is 21.0. The van der Waals surface area contributed by atoms with Gasteiger partial charge in [0.25, 0.3) is 15.9 Å². The van der Waals surface area contributed by atoms with Crippen LogP contribution in [0.5, 0.6) is 5.75 Å². The lowest BCUT2D eigenvalue weighted by Crippen LogP contribution is -2.30. The Labute approximate surface area is 191 Å². The van der Waals surface area contributed by atoms with Gasteiger partial charge in [0.05, 0.1) is 4.90 Å². The summed E-state index contributed by atoms with van der Waals surface area (Å²) in [4.78, 5) is 20.5. The van der Waals surface area contributed by atoms with E-state index < -0.39 is 16.1 Å². The van der Waals surface area contributed by atoms with E-state index in [2.05, 4.69) is 20.0 Å². The molecular formula is C24H22N4O4S. The third-order valence-corrected chi connectivity index (χ3v) is 6.20. The Bertz CT molecular complexity index is 1410. The number of aromatic nitrogens is 2. The second-order valence-electron chi connectivity index (χ2n) is 7.41. The fourth-order valence-electron chi connectivity index (χ4n) is 3.14. The fourth-order valence-corrected chi connectivity index (χ4v) is 4.09. The van der Waals surface area contributed by atoms with Gasteiger partial charge in [-0.1, -0.05) is 30.3 Å². The van der Waals surface area contributed by atoms with Gasteiger partial charge in [0.15, 0.2) is 6.10 Å². The zero-order valence-corrected chi connectivity index (χ0v) is 18.8. The summed E-state index contributed by atoms with van der Waals surface area (Å²) in [6.07, 6.45) is 0.717. The molecule has 3 aromatic carbocycles. The van der Waals surface area contributed by atoms with Crippen LogP contribution in [0.25, 0.3) is 10.8 Å². The molecule has 1 amide bonds. The largest absolute Gasteiger partial charge is 0.481 e. The summed E-state index contributed by atoms with van der Waals surface area (Å²) in [7, 11) is -3.86. The molecule has 0 saturated carbocycles. The van der Waals surface area contributed by atoms with Crippen molar-refractivity contribution in [1.82, 2.24) is 9.97 Å². The van der Waals surface area contributed by atoms with E-state index in [0.717, 1.165) is 10.8 Å². The molecule has 1 aromatic heterocycles. The van der Waals surface area contributed by atoms with Crippen molar-refractivity contribution in [2.75, 3.05) is 10.0 Å². The molecular weight excluding hydrogens is 440 g/mol. The Morgan fingerprint density at radius 1 is 0.970 bits per heavy atom. The monoisotopic (exact) mass is 462 g/mol. The summed E-state index contributed by atoms with van der Waals surface area (Å²) >= 11 is 0. The molecule has 0 bridgehead atoms. The van der Waals surface area contributed by atoms with Gasteiger partial charge >= 0.3 is 0 Å². The maximum atomic E-state index is 12.6. The van der Waals surface area contributed by atoms with E-state index in [1.807, 2.05) is 42.5 Å². The number of rotatable bonds is 7. The summed E-state index contributed by atoms with van der Waals surface area (Å²) in [5, 5.41) is 4.83. The average molecular weight is 463 g/mol. The van der Waals surface area contributed by atoms with Gasteiger partial charge in [0.1, 0.15) is 5.75 Å². The number of nitrogens with one attached hydrogen (secondary N) is 2. The number of carbonyl (C=O) groups is 1. The quantitative estimate of drug-likeness (QED) is 0.427. The number of hydrogen-bond donors (Lipinski definition) is 2. The molecule has 4 rings (SSSR count). The maximum Gasteiger partial charge on any atom is 0.265 e. The highest BCUT2D eigenvalue weighted by Gasteiger charge is 2.18. The molecule has 33 heavy (non-hydrogen) atoms. The van der Waals surface area contributed by atoms with Crippen molar-refractivity contribution >= 4 is 38.3 Å². The van der Waals surface area contributed by atoms with Crippen LogP contribution >= 0.6 is 0 Å². The van der Waals surface area contributed by atoms with E-state index in [9.17, 15) is 13.2 Å². The number of nitrogens with zero attached hydrogens (tertiary/aromatic N) is 2. The van der Waals surface area contributed by atoms with Crippen molar-refractivity contribution in [3.63, 3.8) is 0 Å². The SMILES string of the molecule is Cc1ccnc(NS(=O)(=O)c2ccc(NC(=O)[C@@H](C)Oc3ccc4ccccc4c3)cc2)n1. The molecule has 0 aliphatic carbocycles. The minimum Gasteiger partial charge on any atom is -0.481 e. The van der Waals surface area contributed by atoms with Crippen molar-refractivity contribution in [1.29, 1.82) is 0 Å². The number of aryl methyl sites for hydroxylation is 1. The number of hydrogen-bond acceptors (Lipinski definition) is 6. The van der Waals surface area contributed by atoms with Crippen molar-refractivity contribution in [3.05, 3.63) is 84.7 Å². The van der Waals surface area contributed by atoms with E-state index in [-0.39, 0.29) is 16.8 Å². The number of ether oxygens (including phenoxy) is 1.